The molecule has 1 fully saturated rings. The zero-order valence-corrected chi connectivity index (χ0v) is 14.4. The number of amides is 2. The van der Waals surface area contributed by atoms with Gasteiger partial charge in [-0.05, 0) is 36.6 Å². The Kier molecular flexibility index (Phi) is 4.70. The van der Waals surface area contributed by atoms with Crippen LogP contribution in [-0.4, -0.2) is 46.2 Å². The summed E-state index contributed by atoms with van der Waals surface area (Å²) in [4.78, 5) is 41.7. The summed E-state index contributed by atoms with van der Waals surface area (Å²) >= 11 is 0. The van der Waals surface area contributed by atoms with Crippen molar-refractivity contribution in [3.8, 4) is 0 Å². The molecule has 1 aromatic heterocycles. The van der Waals surface area contributed by atoms with E-state index in [9.17, 15) is 14.4 Å². The van der Waals surface area contributed by atoms with Gasteiger partial charge in [0.15, 0.2) is 0 Å². The average molecular weight is 339 g/mol. The summed E-state index contributed by atoms with van der Waals surface area (Å²) < 4.78 is 0. The van der Waals surface area contributed by atoms with Gasteiger partial charge in [0.05, 0.1) is 5.56 Å². The number of carbonyl (C=O) groups is 2. The third-order valence-electron chi connectivity index (χ3n) is 4.58. The lowest BCUT2D eigenvalue weighted by molar-refractivity contribution is -0.135. The van der Waals surface area contributed by atoms with Crippen molar-refractivity contribution in [2.45, 2.75) is 20.4 Å². The average Bonchev–Trinajstić information content (AvgIpc) is 2.60. The summed E-state index contributed by atoms with van der Waals surface area (Å²) in [5.41, 5.74) is 3.65. The summed E-state index contributed by atoms with van der Waals surface area (Å²) in [6.07, 6.45) is 1.39. The van der Waals surface area contributed by atoms with Gasteiger partial charge >= 0.3 is 0 Å². The Balaban J connectivity index is 1.65. The van der Waals surface area contributed by atoms with Gasteiger partial charge in [0.1, 0.15) is 6.54 Å². The fourth-order valence-electron chi connectivity index (χ4n) is 2.90. The van der Waals surface area contributed by atoms with E-state index in [1.807, 2.05) is 6.07 Å². The number of piperazine rings is 1. The molecule has 2 heterocycles. The normalized spacial score (nSPS) is 14.7. The highest BCUT2D eigenvalue weighted by Crippen LogP contribution is 2.15. The molecular weight excluding hydrogens is 318 g/mol. The second-order valence-electron chi connectivity index (χ2n) is 6.40. The number of carbonyl (C=O) groups excluding carboxylic acids is 2. The Morgan fingerprint density at radius 2 is 1.88 bits per heavy atom. The predicted octanol–water partition coefficient (Wildman–Crippen LogP) is 1.48. The number of nitrogens with zero attached hydrogens (tertiary/aromatic N) is 2. The molecule has 0 bridgehead atoms. The molecule has 6 nitrogen and oxygen atoms in total. The molecule has 1 N–H and O–H groups in total. The standard InChI is InChI=1S/C19H21N3O3/c1-13-3-4-15(9-14(13)2)11-21-7-8-22(12-18(21)24)19(25)16-5-6-17(23)20-10-16/h3-6,9-10H,7-8,11-12H2,1-2H3,(H,20,23). The molecule has 0 atom stereocenters. The van der Waals surface area contributed by atoms with Crippen molar-refractivity contribution in [3.63, 3.8) is 0 Å². The van der Waals surface area contributed by atoms with Crippen LogP contribution in [0.25, 0.3) is 0 Å². The first-order chi connectivity index (χ1) is 11.9. The van der Waals surface area contributed by atoms with Gasteiger partial charge in [0.2, 0.25) is 11.5 Å². The van der Waals surface area contributed by atoms with Crippen molar-refractivity contribution in [2.24, 2.45) is 0 Å². The maximum absolute atomic E-state index is 12.4. The minimum absolute atomic E-state index is 0.0583. The number of hydrogen-bond acceptors (Lipinski definition) is 3. The first kappa shape index (κ1) is 17.0. The molecule has 0 unspecified atom stereocenters. The van der Waals surface area contributed by atoms with E-state index in [4.69, 9.17) is 0 Å². The van der Waals surface area contributed by atoms with Crippen LogP contribution >= 0.6 is 0 Å². The van der Waals surface area contributed by atoms with Crippen molar-refractivity contribution < 1.29 is 9.59 Å². The zero-order valence-electron chi connectivity index (χ0n) is 14.4. The molecular formula is C19H21N3O3. The summed E-state index contributed by atoms with van der Waals surface area (Å²) in [7, 11) is 0. The fourth-order valence-corrected chi connectivity index (χ4v) is 2.90. The van der Waals surface area contributed by atoms with Gasteiger partial charge in [-0.3, -0.25) is 14.4 Å². The molecule has 1 saturated heterocycles. The number of nitrogens with one attached hydrogen (secondary N) is 1. The number of aromatic nitrogens is 1. The number of aryl methyl sites for hydroxylation is 2. The molecule has 25 heavy (non-hydrogen) atoms. The van der Waals surface area contributed by atoms with Gasteiger partial charge < -0.3 is 14.8 Å². The smallest absolute Gasteiger partial charge is 0.255 e. The SMILES string of the molecule is Cc1ccc(CN2CCN(C(=O)c3ccc(=O)[nH]c3)CC2=O)cc1C. The number of pyridine rings is 1. The van der Waals surface area contributed by atoms with Crippen LogP contribution in [0.4, 0.5) is 0 Å². The number of rotatable bonds is 3. The van der Waals surface area contributed by atoms with E-state index in [1.54, 1.807) is 4.90 Å². The van der Waals surface area contributed by atoms with E-state index in [0.29, 0.717) is 25.2 Å². The Morgan fingerprint density at radius 3 is 2.52 bits per heavy atom. The van der Waals surface area contributed by atoms with Crippen LogP contribution in [0.15, 0.2) is 41.3 Å². The van der Waals surface area contributed by atoms with E-state index in [1.165, 1.54) is 34.4 Å². The second kappa shape index (κ2) is 6.93. The molecule has 1 aliphatic heterocycles. The minimum Gasteiger partial charge on any atom is -0.335 e. The quantitative estimate of drug-likeness (QED) is 0.920. The molecule has 1 aliphatic rings. The number of benzene rings is 1. The topological polar surface area (TPSA) is 73.5 Å². The van der Waals surface area contributed by atoms with Crippen molar-refractivity contribution in [1.29, 1.82) is 0 Å². The third-order valence-corrected chi connectivity index (χ3v) is 4.58. The van der Waals surface area contributed by atoms with E-state index < -0.39 is 0 Å². The Morgan fingerprint density at radius 1 is 1.08 bits per heavy atom. The maximum atomic E-state index is 12.4. The molecule has 0 saturated carbocycles. The summed E-state index contributed by atoms with van der Waals surface area (Å²) in [6.45, 7) is 5.71. The Bertz CT molecular complexity index is 852. The van der Waals surface area contributed by atoms with Gasteiger partial charge in [-0.1, -0.05) is 18.2 Å². The summed E-state index contributed by atoms with van der Waals surface area (Å²) in [6, 6.07) is 8.98. The van der Waals surface area contributed by atoms with Gasteiger partial charge in [-0.2, -0.15) is 0 Å². The van der Waals surface area contributed by atoms with Crippen molar-refractivity contribution >= 4 is 11.8 Å². The molecule has 130 valence electrons. The lowest BCUT2D eigenvalue weighted by Gasteiger charge is -2.34. The first-order valence-corrected chi connectivity index (χ1v) is 8.26. The molecule has 2 amide bonds. The van der Waals surface area contributed by atoms with E-state index in [0.717, 1.165) is 5.56 Å². The Labute approximate surface area is 146 Å². The third kappa shape index (κ3) is 3.79. The lowest BCUT2D eigenvalue weighted by Crippen LogP contribution is -2.51. The van der Waals surface area contributed by atoms with Crippen LogP contribution in [0, 0.1) is 13.8 Å². The van der Waals surface area contributed by atoms with Crippen LogP contribution in [0.1, 0.15) is 27.0 Å². The highest BCUT2D eigenvalue weighted by atomic mass is 16.2. The van der Waals surface area contributed by atoms with Crippen LogP contribution in [0.5, 0.6) is 0 Å². The predicted molar refractivity (Wildman–Crippen MR) is 94.3 cm³/mol. The number of hydrogen-bond donors (Lipinski definition) is 1. The van der Waals surface area contributed by atoms with E-state index in [2.05, 4.69) is 31.0 Å². The maximum Gasteiger partial charge on any atom is 0.255 e. The van der Waals surface area contributed by atoms with E-state index in [-0.39, 0.29) is 23.9 Å². The zero-order chi connectivity index (χ0) is 18.0. The van der Waals surface area contributed by atoms with Crippen LogP contribution in [-0.2, 0) is 11.3 Å². The van der Waals surface area contributed by atoms with Crippen LogP contribution in [0.3, 0.4) is 0 Å². The summed E-state index contributed by atoms with van der Waals surface area (Å²) in [5.74, 6) is -0.308. The molecule has 0 spiro atoms. The molecule has 1 aromatic carbocycles. The second-order valence-corrected chi connectivity index (χ2v) is 6.40. The van der Waals surface area contributed by atoms with Gasteiger partial charge in [0.25, 0.3) is 5.91 Å². The monoisotopic (exact) mass is 339 g/mol. The van der Waals surface area contributed by atoms with Crippen molar-refractivity contribution in [1.82, 2.24) is 14.8 Å². The highest BCUT2D eigenvalue weighted by molar-refractivity contribution is 5.96. The molecule has 2 aromatic rings. The number of H-pyrrole nitrogens is 1. The molecule has 6 heteroatoms. The van der Waals surface area contributed by atoms with Gasteiger partial charge in [-0.25, -0.2) is 0 Å². The Hall–Kier alpha value is -2.89. The van der Waals surface area contributed by atoms with Crippen LogP contribution < -0.4 is 5.56 Å². The molecule has 0 aliphatic carbocycles. The first-order valence-electron chi connectivity index (χ1n) is 8.26. The van der Waals surface area contributed by atoms with E-state index >= 15 is 0 Å². The van der Waals surface area contributed by atoms with Crippen molar-refractivity contribution in [3.05, 3.63) is 69.1 Å². The minimum atomic E-state index is -0.258. The molecule has 3 rings (SSSR count). The van der Waals surface area contributed by atoms with Crippen LogP contribution in [0.2, 0.25) is 0 Å². The van der Waals surface area contributed by atoms with Gasteiger partial charge in [-0.15, -0.1) is 0 Å². The van der Waals surface area contributed by atoms with Gasteiger partial charge in [0, 0.05) is 31.9 Å². The largest absolute Gasteiger partial charge is 0.335 e. The fraction of sp³-hybridized carbons (Fsp3) is 0.316. The summed E-state index contributed by atoms with van der Waals surface area (Å²) in [5, 5.41) is 0. The highest BCUT2D eigenvalue weighted by Gasteiger charge is 2.27. The van der Waals surface area contributed by atoms with Crippen molar-refractivity contribution in [2.75, 3.05) is 19.6 Å². The lowest BCUT2D eigenvalue weighted by atomic mass is 10.1. The number of aromatic amines is 1. The molecule has 0 radical (unpaired) electrons.